The minimum Gasteiger partial charge on any atom is -0.493 e. The highest BCUT2D eigenvalue weighted by Crippen LogP contribution is 2.31. The maximum Gasteiger partial charge on any atom is 0.209 e. The van der Waals surface area contributed by atoms with Crippen molar-refractivity contribution in [1.82, 2.24) is 0 Å². The molecule has 0 bridgehead atoms. The minimum atomic E-state index is -3.47. The third-order valence-electron chi connectivity index (χ3n) is 2.96. The van der Waals surface area contributed by atoms with Crippen LogP contribution in [-0.2, 0) is 10.0 Å². The van der Waals surface area contributed by atoms with Crippen LogP contribution < -0.4 is 9.88 Å². The maximum atomic E-state index is 11.0. The van der Waals surface area contributed by atoms with Crippen LogP contribution in [0.3, 0.4) is 0 Å². The average Bonchev–Trinajstić information content (AvgIpc) is 2.24. The highest BCUT2D eigenvalue weighted by molar-refractivity contribution is 7.89. The van der Waals surface area contributed by atoms with Gasteiger partial charge in [-0.2, -0.15) is 0 Å². The Morgan fingerprint density at radius 2 is 1.90 bits per heavy atom. The molecule has 4 nitrogen and oxygen atoms in total. The molecule has 114 valence electrons. The molecule has 0 radical (unpaired) electrons. The molecular formula is C14H22ClNO3S. The maximum absolute atomic E-state index is 11.0. The number of aryl methyl sites for hydroxylation is 1. The van der Waals surface area contributed by atoms with Crippen molar-refractivity contribution in [2.45, 2.75) is 33.6 Å². The van der Waals surface area contributed by atoms with Gasteiger partial charge in [0.1, 0.15) is 5.75 Å². The number of nitrogens with two attached hydrogens (primary N) is 1. The van der Waals surface area contributed by atoms with Gasteiger partial charge >= 0.3 is 0 Å². The largest absolute Gasteiger partial charge is 0.493 e. The number of primary sulfonamides is 1. The summed E-state index contributed by atoms with van der Waals surface area (Å²) in [6.07, 6.45) is 0. The summed E-state index contributed by atoms with van der Waals surface area (Å²) < 4.78 is 27.7. The topological polar surface area (TPSA) is 69.4 Å². The van der Waals surface area contributed by atoms with Gasteiger partial charge < -0.3 is 4.74 Å². The Kier molecular flexibility index (Phi) is 5.86. The number of halogens is 1. The van der Waals surface area contributed by atoms with Crippen LogP contribution in [0, 0.1) is 12.8 Å². The van der Waals surface area contributed by atoms with Crippen LogP contribution in [0.15, 0.2) is 12.1 Å². The molecule has 20 heavy (non-hydrogen) atoms. The van der Waals surface area contributed by atoms with Crippen LogP contribution in [0.2, 0.25) is 5.02 Å². The molecule has 0 heterocycles. The van der Waals surface area contributed by atoms with Gasteiger partial charge in [0, 0.05) is 10.9 Å². The molecule has 0 aromatic heterocycles. The first-order valence-corrected chi connectivity index (χ1v) is 8.62. The molecule has 1 rings (SSSR count). The van der Waals surface area contributed by atoms with Crippen LogP contribution in [0.25, 0.3) is 0 Å². The molecule has 0 amide bonds. The van der Waals surface area contributed by atoms with Crippen molar-refractivity contribution in [3.63, 3.8) is 0 Å². The predicted molar refractivity (Wildman–Crippen MR) is 82.9 cm³/mol. The second kappa shape index (κ2) is 6.78. The Morgan fingerprint density at radius 3 is 2.40 bits per heavy atom. The predicted octanol–water partition coefficient (Wildman–Crippen LogP) is 3.08. The van der Waals surface area contributed by atoms with E-state index in [1.165, 1.54) is 0 Å². The first-order valence-electron chi connectivity index (χ1n) is 6.53. The van der Waals surface area contributed by atoms with Gasteiger partial charge in [-0.1, -0.05) is 32.4 Å². The van der Waals surface area contributed by atoms with Gasteiger partial charge in [0.25, 0.3) is 0 Å². The summed E-state index contributed by atoms with van der Waals surface area (Å²) in [5.74, 6) is 0.783. The Labute approximate surface area is 126 Å². The zero-order chi connectivity index (χ0) is 15.5. The first kappa shape index (κ1) is 17.3. The summed E-state index contributed by atoms with van der Waals surface area (Å²) in [6, 6.07) is 3.79. The summed E-state index contributed by atoms with van der Waals surface area (Å²) in [6.45, 7) is 8.12. The van der Waals surface area contributed by atoms with Crippen LogP contribution in [0.1, 0.15) is 37.8 Å². The molecule has 0 aliphatic rings. The van der Waals surface area contributed by atoms with Crippen LogP contribution in [0.5, 0.6) is 5.75 Å². The van der Waals surface area contributed by atoms with Crippen LogP contribution in [-0.4, -0.2) is 20.8 Å². The van der Waals surface area contributed by atoms with Gasteiger partial charge in [-0.25, -0.2) is 13.6 Å². The minimum absolute atomic E-state index is 0.0866. The van der Waals surface area contributed by atoms with Crippen molar-refractivity contribution in [3.05, 3.63) is 28.3 Å². The number of hydrogen-bond acceptors (Lipinski definition) is 3. The Morgan fingerprint density at radius 1 is 1.30 bits per heavy atom. The Hall–Kier alpha value is -0.780. The van der Waals surface area contributed by atoms with Gasteiger partial charge in [0.2, 0.25) is 10.0 Å². The lowest BCUT2D eigenvalue weighted by atomic mass is 10.0. The molecule has 2 N–H and O–H groups in total. The van der Waals surface area contributed by atoms with Gasteiger partial charge in [-0.3, -0.25) is 0 Å². The molecule has 0 saturated heterocycles. The second-order valence-corrected chi connectivity index (χ2v) is 7.61. The van der Waals surface area contributed by atoms with Gasteiger partial charge in [-0.05, 0) is 36.1 Å². The fourth-order valence-electron chi connectivity index (χ4n) is 1.94. The van der Waals surface area contributed by atoms with Crippen molar-refractivity contribution in [3.8, 4) is 5.75 Å². The summed E-state index contributed by atoms with van der Waals surface area (Å²) in [5.41, 5.74) is 1.95. The summed E-state index contributed by atoms with van der Waals surface area (Å²) in [7, 11) is -3.47. The smallest absolute Gasteiger partial charge is 0.209 e. The quantitative estimate of drug-likeness (QED) is 0.876. The van der Waals surface area contributed by atoms with Gasteiger partial charge in [-0.15, -0.1) is 0 Å². The van der Waals surface area contributed by atoms with E-state index in [1.54, 1.807) is 6.92 Å². The molecule has 0 saturated carbocycles. The third kappa shape index (κ3) is 5.31. The summed E-state index contributed by atoms with van der Waals surface area (Å²) in [5, 5.41) is 5.74. The molecule has 0 aliphatic heterocycles. The molecule has 6 heteroatoms. The lowest BCUT2D eigenvalue weighted by molar-refractivity contribution is 0.270. The third-order valence-corrected chi connectivity index (χ3v) is 4.32. The van der Waals surface area contributed by atoms with E-state index in [4.69, 9.17) is 21.5 Å². The normalized spacial score (nSPS) is 13.6. The van der Waals surface area contributed by atoms with Crippen LogP contribution in [0.4, 0.5) is 0 Å². The van der Waals surface area contributed by atoms with Crippen molar-refractivity contribution < 1.29 is 13.2 Å². The van der Waals surface area contributed by atoms with Crippen molar-refractivity contribution in [2.75, 3.05) is 12.4 Å². The van der Waals surface area contributed by atoms with Crippen molar-refractivity contribution >= 4 is 21.6 Å². The zero-order valence-corrected chi connectivity index (χ0v) is 13.9. The van der Waals surface area contributed by atoms with E-state index in [9.17, 15) is 8.42 Å². The molecule has 1 aromatic rings. The van der Waals surface area contributed by atoms with Crippen LogP contribution >= 0.6 is 11.6 Å². The Balaban J connectivity index is 2.80. The number of ether oxygens (including phenoxy) is 1. The second-order valence-electron chi connectivity index (χ2n) is 5.54. The summed E-state index contributed by atoms with van der Waals surface area (Å²) in [4.78, 5) is 0. The monoisotopic (exact) mass is 319 g/mol. The molecule has 1 unspecified atom stereocenters. The van der Waals surface area contributed by atoms with Gasteiger partial charge in [0.05, 0.1) is 12.4 Å². The zero-order valence-electron chi connectivity index (χ0n) is 12.3. The highest BCUT2D eigenvalue weighted by Gasteiger charge is 2.14. The van der Waals surface area contributed by atoms with E-state index in [0.717, 1.165) is 21.9 Å². The van der Waals surface area contributed by atoms with Gasteiger partial charge in [0.15, 0.2) is 0 Å². The first-order chi connectivity index (χ1) is 9.10. The van der Waals surface area contributed by atoms with Crippen molar-refractivity contribution in [2.24, 2.45) is 11.1 Å². The van der Waals surface area contributed by atoms with E-state index in [2.05, 4.69) is 13.8 Å². The lowest BCUT2D eigenvalue weighted by Gasteiger charge is -2.17. The Bertz CT molecular complexity index is 570. The number of benzene rings is 1. The van der Waals surface area contributed by atoms with E-state index in [1.807, 2.05) is 19.1 Å². The standard InChI is InChI=1S/C14H22ClNO3S/c1-9(2)12-6-14(11(4)5-13(12)15)19-7-10(3)8-20(16,17)18/h5-6,9-10H,7-8H2,1-4H3,(H2,16,17,18). The lowest BCUT2D eigenvalue weighted by Crippen LogP contribution is -2.25. The number of rotatable bonds is 6. The molecule has 1 atom stereocenters. The number of sulfonamides is 1. The van der Waals surface area contributed by atoms with E-state index in [0.29, 0.717) is 12.5 Å². The fourth-order valence-corrected chi connectivity index (χ4v) is 3.27. The van der Waals surface area contributed by atoms with Crippen molar-refractivity contribution in [1.29, 1.82) is 0 Å². The van der Waals surface area contributed by atoms with E-state index in [-0.39, 0.29) is 11.7 Å². The SMILES string of the molecule is Cc1cc(Cl)c(C(C)C)cc1OCC(C)CS(N)(=O)=O. The molecule has 1 aromatic carbocycles. The summed E-state index contributed by atoms with van der Waals surface area (Å²) >= 11 is 6.19. The number of hydrogen-bond donors (Lipinski definition) is 1. The fraction of sp³-hybridized carbons (Fsp3) is 0.571. The molecule has 0 fully saturated rings. The molecule has 0 spiro atoms. The van der Waals surface area contributed by atoms with E-state index >= 15 is 0 Å². The molecule has 0 aliphatic carbocycles. The van der Waals surface area contributed by atoms with E-state index < -0.39 is 10.0 Å². The molecular weight excluding hydrogens is 298 g/mol. The average molecular weight is 320 g/mol. The highest BCUT2D eigenvalue weighted by atomic mass is 35.5.